The molecule has 0 amide bonds. The Bertz CT molecular complexity index is 442. The molecule has 6 heteroatoms. The summed E-state index contributed by atoms with van der Waals surface area (Å²) in [6, 6.07) is 4.29. The van der Waals surface area contributed by atoms with Gasteiger partial charge in [-0.05, 0) is 43.9 Å². The average molecular weight is 338 g/mol. The first-order valence-electron chi connectivity index (χ1n) is 6.17. The second-order valence-electron chi connectivity index (χ2n) is 4.84. The van der Waals surface area contributed by atoms with Crippen molar-refractivity contribution in [2.75, 3.05) is 5.32 Å². The molecule has 1 aliphatic carbocycles. The van der Waals surface area contributed by atoms with Crippen LogP contribution in [0.15, 0.2) is 22.7 Å². The van der Waals surface area contributed by atoms with Gasteiger partial charge in [0, 0.05) is 16.2 Å². The normalized spacial score (nSPS) is 24.3. The molecule has 0 radical (unpaired) electrons. The molecule has 2 N–H and O–H groups in total. The Morgan fingerprint density at radius 1 is 1.16 bits per heavy atom. The molecule has 1 saturated carbocycles. The van der Waals surface area contributed by atoms with Gasteiger partial charge in [-0.3, -0.25) is 0 Å². The summed E-state index contributed by atoms with van der Waals surface area (Å²) in [7, 11) is 0. The zero-order valence-corrected chi connectivity index (χ0v) is 11.8. The van der Waals surface area contributed by atoms with E-state index in [2.05, 4.69) is 21.2 Å². The number of aliphatic hydroxyl groups is 1. The molecule has 1 aliphatic rings. The van der Waals surface area contributed by atoms with Crippen molar-refractivity contribution >= 4 is 21.6 Å². The zero-order valence-electron chi connectivity index (χ0n) is 10.2. The lowest BCUT2D eigenvalue weighted by Gasteiger charge is -2.27. The van der Waals surface area contributed by atoms with E-state index in [0.29, 0.717) is 18.5 Å². The van der Waals surface area contributed by atoms with E-state index in [1.54, 1.807) is 6.07 Å². The molecule has 2 rings (SSSR count). The third-order valence-corrected chi connectivity index (χ3v) is 4.03. The number of benzene rings is 1. The molecule has 106 valence electrons. The molecule has 0 unspecified atom stereocenters. The van der Waals surface area contributed by atoms with Crippen LogP contribution in [0.25, 0.3) is 0 Å². The molecular formula is C13H15BrF3NO. The van der Waals surface area contributed by atoms with E-state index in [-0.39, 0.29) is 16.6 Å². The highest BCUT2D eigenvalue weighted by Crippen LogP contribution is 2.36. The number of hydrogen-bond donors (Lipinski definition) is 2. The second-order valence-corrected chi connectivity index (χ2v) is 5.70. The minimum Gasteiger partial charge on any atom is -0.393 e. The lowest BCUT2D eigenvalue weighted by atomic mass is 9.93. The number of anilines is 1. The maximum Gasteiger partial charge on any atom is 0.417 e. The summed E-state index contributed by atoms with van der Waals surface area (Å²) in [5.74, 6) is 0. The maximum atomic E-state index is 12.8. The van der Waals surface area contributed by atoms with Crippen molar-refractivity contribution in [1.29, 1.82) is 0 Å². The van der Waals surface area contributed by atoms with Crippen LogP contribution in [-0.4, -0.2) is 17.3 Å². The van der Waals surface area contributed by atoms with Gasteiger partial charge in [0.25, 0.3) is 0 Å². The van der Waals surface area contributed by atoms with Crippen molar-refractivity contribution < 1.29 is 18.3 Å². The summed E-state index contributed by atoms with van der Waals surface area (Å²) in [5, 5.41) is 12.5. The largest absolute Gasteiger partial charge is 0.417 e. The van der Waals surface area contributed by atoms with Crippen molar-refractivity contribution in [3.8, 4) is 0 Å². The van der Waals surface area contributed by atoms with Gasteiger partial charge in [-0.1, -0.05) is 15.9 Å². The summed E-state index contributed by atoms with van der Waals surface area (Å²) in [6.07, 6.45) is -1.69. The number of halogens is 4. The van der Waals surface area contributed by atoms with Gasteiger partial charge in [0.15, 0.2) is 0 Å². The van der Waals surface area contributed by atoms with Crippen LogP contribution in [0.2, 0.25) is 0 Å². The molecule has 0 aromatic heterocycles. The number of rotatable bonds is 2. The van der Waals surface area contributed by atoms with Crippen molar-refractivity contribution in [3.05, 3.63) is 28.2 Å². The highest BCUT2D eigenvalue weighted by atomic mass is 79.9. The molecule has 0 atom stereocenters. The Kier molecular flexibility index (Phi) is 4.40. The van der Waals surface area contributed by atoms with E-state index >= 15 is 0 Å². The van der Waals surface area contributed by atoms with Gasteiger partial charge in [-0.25, -0.2) is 0 Å². The molecular weight excluding hydrogens is 323 g/mol. The molecule has 19 heavy (non-hydrogen) atoms. The van der Waals surface area contributed by atoms with E-state index < -0.39 is 11.7 Å². The van der Waals surface area contributed by atoms with Gasteiger partial charge in [-0.2, -0.15) is 13.2 Å². The first-order valence-corrected chi connectivity index (χ1v) is 6.97. The number of aliphatic hydroxyl groups excluding tert-OH is 1. The van der Waals surface area contributed by atoms with Crippen LogP contribution in [-0.2, 0) is 6.18 Å². The van der Waals surface area contributed by atoms with Crippen LogP contribution < -0.4 is 5.32 Å². The molecule has 0 aliphatic heterocycles. The SMILES string of the molecule is OC1CCC(Nc2ccc(Br)c(C(F)(F)F)c2)CC1. The van der Waals surface area contributed by atoms with E-state index in [9.17, 15) is 18.3 Å². The minimum absolute atomic E-state index is 0.0459. The van der Waals surface area contributed by atoms with Crippen LogP contribution >= 0.6 is 15.9 Å². The summed E-state index contributed by atoms with van der Waals surface area (Å²) in [4.78, 5) is 0. The van der Waals surface area contributed by atoms with Crippen molar-refractivity contribution in [1.82, 2.24) is 0 Å². The fourth-order valence-electron chi connectivity index (χ4n) is 2.29. The molecule has 1 fully saturated rings. The Labute approximate surface area is 118 Å². The first-order chi connectivity index (χ1) is 8.86. The summed E-state index contributed by atoms with van der Waals surface area (Å²) in [5.41, 5.74) is -0.203. The molecule has 1 aromatic rings. The first kappa shape index (κ1) is 14.7. The Hall–Kier alpha value is -0.750. The van der Waals surface area contributed by atoms with Crippen molar-refractivity contribution in [3.63, 3.8) is 0 Å². The van der Waals surface area contributed by atoms with E-state index in [1.165, 1.54) is 6.07 Å². The fourth-order valence-corrected chi connectivity index (χ4v) is 2.76. The number of nitrogens with one attached hydrogen (secondary N) is 1. The fraction of sp³-hybridized carbons (Fsp3) is 0.538. The molecule has 0 spiro atoms. The van der Waals surface area contributed by atoms with Gasteiger partial charge in [0.05, 0.1) is 11.7 Å². The summed E-state index contributed by atoms with van der Waals surface area (Å²) < 4.78 is 38.3. The zero-order chi connectivity index (χ0) is 14.0. The summed E-state index contributed by atoms with van der Waals surface area (Å²) in [6.45, 7) is 0. The third-order valence-electron chi connectivity index (χ3n) is 3.34. The summed E-state index contributed by atoms with van der Waals surface area (Å²) >= 11 is 2.92. The smallest absolute Gasteiger partial charge is 0.393 e. The van der Waals surface area contributed by atoms with Gasteiger partial charge in [0.1, 0.15) is 0 Å². The predicted molar refractivity (Wildman–Crippen MR) is 71.0 cm³/mol. The highest BCUT2D eigenvalue weighted by Gasteiger charge is 2.33. The lowest BCUT2D eigenvalue weighted by Crippen LogP contribution is -2.28. The number of hydrogen-bond acceptors (Lipinski definition) is 2. The standard InChI is InChI=1S/C13H15BrF3NO/c14-12-6-3-9(7-11(12)13(15,16)17)18-8-1-4-10(19)5-2-8/h3,6-8,10,18-19H,1-2,4-5H2. The van der Waals surface area contributed by atoms with Gasteiger partial charge in [-0.15, -0.1) is 0 Å². The third kappa shape index (κ3) is 3.86. The monoisotopic (exact) mass is 337 g/mol. The Balaban J connectivity index is 2.09. The molecule has 0 bridgehead atoms. The lowest BCUT2D eigenvalue weighted by molar-refractivity contribution is -0.138. The van der Waals surface area contributed by atoms with Crippen molar-refractivity contribution in [2.45, 2.75) is 44.0 Å². The van der Waals surface area contributed by atoms with E-state index in [1.807, 2.05) is 0 Å². The van der Waals surface area contributed by atoms with Crippen LogP contribution in [0.1, 0.15) is 31.2 Å². The molecule has 1 aromatic carbocycles. The van der Waals surface area contributed by atoms with Crippen LogP contribution in [0.5, 0.6) is 0 Å². The maximum absolute atomic E-state index is 12.8. The average Bonchev–Trinajstić information content (AvgIpc) is 2.33. The highest BCUT2D eigenvalue weighted by molar-refractivity contribution is 9.10. The van der Waals surface area contributed by atoms with Crippen LogP contribution in [0, 0.1) is 0 Å². The van der Waals surface area contributed by atoms with Gasteiger partial charge < -0.3 is 10.4 Å². The van der Waals surface area contributed by atoms with E-state index in [4.69, 9.17) is 0 Å². The minimum atomic E-state index is -4.36. The van der Waals surface area contributed by atoms with Gasteiger partial charge >= 0.3 is 6.18 Å². The quantitative estimate of drug-likeness (QED) is 0.848. The Morgan fingerprint density at radius 3 is 2.37 bits per heavy atom. The van der Waals surface area contributed by atoms with Crippen LogP contribution in [0.3, 0.4) is 0 Å². The van der Waals surface area contributed by atoms with E-state index in [0.717, 1.165) is 18.9 Å². The Morgan fingerprint density at radius 2 is 1.79 bits per heavy atom. The van der Waals surface area contributed by atoms with Crippen molar-refractivity contribution in [2.24, 2.45) is 0 Å². The topological polar surface area (TPSA) is 32.3 Å². The molecule has 0 heterocycles. The number of alkyl halides is 3. The molecule has 2 nitrogen and oxygen atoms in total. The van der Waals surface area contributed by atoms with Gasteiger partial charge in [0.2, 0.25) is 0 Å². The van der Waals surface area contributed by atoms with Crippen LogP contribution in [0.4, 0.5) is 18.9 Å². The second kappa shape index (κ2) is 5.71. The predicted octanol–water partition coefficient (Wildman–Crippen LogP) is 4.18. The molecule has 0 saturated heterocycles.